The Bertz CT molecular complexity index is 622. The molecule has 0 spiro atoms. The summed E-state index contributed by atoms with van der Waals surface area (Å²) in [5.41, 5.74) is 2.89. The molecule has 4 heteroatoms. The zero-order valence-corrected chi connectivity index (χ0v) is 12.7. The maximum absolute atomic E-state index is 9.38. The van der Waals surface area contributed by atoms with Gasteiger partial charge in [0, 0.05) is 17.3 Å². The first-order chi connectivity index (χ1) is 9.72. The normalized spacial score (nSPS) is 11.7. The van der Waals surface area contributed by atoms with Gasteiger partial charge in [-0.1, -0.05) is 46.3 Å². The van der Waals surface area contributed by atoms with Crippen molar-refractivity contribution in [1.29, 1.82) is 5.26 Å². The van der Waals surface area contributed by atoms with Crippen molar-refractivity contribution in [2.75, 3.05) is 12.4 Å². The second-order valence-electron chi connectivity index (χ2n) is 4.39. The highest BCUT2D eigenvalue weighted by Gasteiger charge is 2.10. The van der Waals surface area contributed by atoms with Crippen LogP contribution in [-0.2, 0) is 11.3 Å². The molecule has 1 atom stereocenters. The summed E-state index contributed by atoms with van der Waals surface area (Å²) in [5, 5.41) is 12.6. The minimum Gasteiger partial charge on any atom is -0.380 e. The molecule has 3 nitrogen and oxygen atoms in total. The van der Waals surface area contributed by atoms with E-state index in [-0.39, 0.29) is 6.04 Å². The maximum atomic E-state index is 9.38. The summed E-state index contributed by atoms with van der Waals surface area (Å²) in [4.78, 5) is 0. The van der Waals surface area contributed by atoms with Crippen LogP contribution in [0.2, 0.25) is 0 Å². The number of hydrogen-bond acceptors (Lipinski definition) is 3. The molecule has 0 aliphatic heterocycles. The molecule has 0 bridgehead atoms. The average molecular weight is 331 g/mol. The molecule has 2 aromatic rings. The zero-order valence-electron chi connectivity index (χ0n) is 11.1. The molecule has 0 saturated carbocycles. The Morgan fingerprint density at radius 2 is 2.05 bits per heavy atom. The highest BCUT2D eigenvalue weighted by Crippen LogP contribution is 2.22. The Morgan fingerprint density at radius 1 is 1.25 bits per heavy atom. The molecule has 0 aliphatic carbocycles. The van der Waals surface area contributed by atoms with Crippen molar-refractivity contribution in [3.63, 3.8) is 0 Å². The second-order valence-corrected chi connectivity index (χ2v) is 5.31. The Kier molecular flexibility index (Phi) is 5.16. The van der Waals surface area contributed by atoms with Crippen LogP contribution >= 0.6 is 15.9 Å². The van der Waals surface area contributed by atoms with E-state index in [0.717, 1.165) is 21.3 Å². The molecule has 0 aliphatic rings. The Morgan fingerprint density at radius 3 is 2.75 bits per heavy atom. The number of anilines is 1. The number of hydrogen-bond donors (Lipinski definition) is 1. The fraction of sp³-hybridized carbons (Fsp3) is 0.188. The van der Waals surface area contributed by atoms with E-state index in [1.807, 2.05) is 48.5 Å². The fourth-order valence-electron chi connectivity index (χ4n) is 1.96. The van der Waals surface area contributed by atoms with Crippen molar-refractivity contribution < 1.29 is 4.74 Å². The number of nitrogens with zero attached hydrogens (tertiary/aromatic N) is 1. The topological polar surface area (TPSA) is 45.0 Å². The Hall–Kier alpha value is -1.83. The van der Waals surface area contributed by atoms with Crippen molar-refractivity contribution in [1.82, 2.24) is 0 Å². The van der Waals surface area contributed by atoms with E-state index in [4.69, 9.17) is 4.74 Å². The summed E-state index contributed by atoms with van der Waals surface area (Å²) in [6, 6.07) is 17.5. The lowest BCUT2D eigenvalue weighted by Crippen LogP contribution is -2.08. The molecular formula is C16H15BrN2O. The minimum absolute atomic E-state index is 0.388. The van der Waals surface area contributed by atoms with Crippen molar-refractivity contribution in [2.45, 2.75) is 12.6 Å². The largest absolute Gasteiger partial charge is 0.380 e. The smallest absolute Gasteiger partial charge is 0.140 e. The van der Waals surface area contributed by atoms with Crippen LogP contribution in [0.15, 0.2) is 53.0 Å². The van der Waals surface area contributed by atoms with Crippen molar-refractivity contribution >= 4 is 21.6 Å². The van der Waals surface area contributed by atoms with Gasteiger partial charge in [-0.05, 0) is 29.3 Å². The lowest BCUT2D eigenvalue weighted by atomic mass is 10.0. The van der Waals surface area contributed by atoms with Crippen LogP contribution < -0.4 is 5.32 Å². The van der Waals surface area contributed by atoms with Crippen LogP contribution in [0, 0.1) is 11.3 Å². The lowest BCUT2D eigenvalue weighted by Gasteiger charge is -2.14. The van der Waals surface area contributed by atoms with E-state index in [9.17, 15) is 5.26 Å². The third-order valence-corrected chi connectivity index (χ3v) is 3.35. The van der Waals surface area contributed by atoms with Gasteiger partial charge in [0.05, 0.1) is 12.7 Å². The van der Waals surface area contributed by atoms with E-state index in [0.29, 0.717) is 6.61 Å². The van der Waals surface area contributed by atoms with Crippen LogP contribution in [0.4, 0.5) is 5.69 Å². The van der Waals surface area contributed by atoms with Gasteiger partial charge in [-0.15, -0.1) is 0 Å². The summed E-state index contributed by atoms with van der Waals surface area (Å²) < 4.78 is 6.10. The monoisotopic (exact) mass is 330 g/mol. The molecule has 102 valence electrons. The molecule has 1 unspecified atom stereocenters. The van der Waals surface area contributed by atoms with Crippen LogP contribution in [0.25, 0.3) is 0 Å². The summed E-state index contributed by atoms with van der Waals surface area (Å²) in [6.07, 6.45) is 0. The molecule has 0 saturated heterocycles. The molecule has 0 fully saturated rings. The summed E-state index contributed by atoms with van der Waals surface area (Å²) >= 11 is 3.42. The predicted octanol–water partition coefficient (Wildman–Crippen LogP) is 4.27. The number of nitriles is 1. The van der Waals surface area contributed by atoms with E-state index >= 15 is 0 Å². The van der Waals surface area contributed by atoms with Crippen LogP contribution in [0.5, 0.6) is 0 Å². The zero-order chi connectivity index (χ0) is 14.4. The van der Waals surface area contributed by atoms with Crippen LogP contribution in [0.3, 0.4) is 0 Å². The van der Waals surface area contributed by atoms with Gasteiger partial charge in [0.25, 0.3) is 0 Å². The molecule has 2 rings (SSSR count). The van der Waals surface area contributed by atoms with Gasteiger partial charge in [0.15, 0.2) is 0 Å². The van der Waals surface area contributed by atoms with Crippen LogP contribution in [-0.4, -0.2) is 7.11 Å². The van der Waals surface area contributed by atoms with Crippen molar-refractivity contribution in [2.24, 2.45) is 0 Å². The standard InChI is InChI=1S/C16H15BrN2O/c1-20-11-12-4-2-5-13(8-12)16(10-18)19-15-7-3-6-14(17)9-15/h2-9,16,19H,11H2,1H3. The molecule has 0 heterocycles. The number of methoxy groups -OCH3 is 1. The predicted molar refractivity (Wildman–Crippen MR) is 83.3 cm³/mol. The Labute approximate surface area is 127 Å². The lowest BCUT2D eigenvalue weighted by molar-refractivity contribution is 0.185. The molecule has 20 heavy (non-hydrogen) atoms. The van der Waals surface area contributed by atoms with Crippen LogP contribution in [0.1, 0.15) is 17.2 Å². The first-order valence-corrected chi connectivity index (χ1v) is 7.01. The average Bonchev–Trinajstić information content (AvgIpc) is 2.45. The number of ether oxygens (including phenoxy) is 1. The quantitative estimate of drug-likeness (QED) is 0.890. The number of rotatable bonds is 5. The van der Waals surface area contributed by atoms with Crippen molar-refractivity contribution in [3.05, 3.63) is 64.1 Å². The third-order valence-electron chi connectivity index (χ3n) is 2.86. The molecule has 0 amide bonds. The third kappa shape index (κ3) is 3.83. The number of benzene rings is 2. The van der Waals surface area contributed by atoms with Gasteiger partial charge < -0.3 is 10.1 Å². The number of halogens is 1. The van der Waals surface area contributed by atoms with E-state index < -0.39 is 0 Å². The fourth-order valence-corrected chi connectivity index (χ4v) is 2.36. The highest BCUT2D eigenvalue weighted by molar-refractivity contribution is 9.10. The minimum atomic E-state index is -0.388. The Balaban J connectivity index is 2.20. The second kappa shape index (κ2) is 7.09. The van der Waals surface area contributed by atoms with Crippen molar-refractivity contribution in [3.8, 4) is 6.07 Å². The van der Waals surface area contributed by atoms with E-state index in [1.54, 1.807) is 7.11 Å². The van der Waals surface area contributed by atoms with Gasteiger partial charge >= 0.3 is 0 Å². The van der Waals surface area contributed by atoms with Gasteiger partial charge in [0.1, 0.15) is 6.04 Å². The van der Waals surface area contributed by atoms with E-state index in [2.05, 4.69) is 27.3 Å². The van der Waals surface area contributed by atoms with E-state index in [1.165, 1.54) is 0 Å². The molecule has 0 aromatic heterocycles. The summed E-state index contributed by atoms with van der Waals surface area (Å²) in [6.45, 7) is 0.545. The van der Waals surface area contributed by atoms with Gasteiger partial charge in [-0.25, -0.2) is 0 Å². The first-order valence-electron chi connectivity index (χ1n) is 6.22. The van der Waals surface area contributed by atoms with Gasteiger partial charge in [0.2, 0.25) is 0 Å². The summed E-state index contributed by atoms with van der Waals surface area (Å²) in [5.74, 6) is 0. The first kappa shape index (κ1) is 14.6. The molecular weight excluding hydrogens is 316 g/mol. The summed E-state index contributed by atoms with van der Waals surface area (Å²) in [7, 11) is 1.66. The molecule has 1 N–H and O–H groups in total. The highest BCUT2D eigenvalue weighted by atomic mass is 79.9. The SMILES string of the molecule is COCc1cccc(C(C#N)Nc2cccc(Br)c2)c1. The number of nitrogens with one attached hydrogen (secondary N) is 1. The van der Waals surface area contributed by atoms with Gasteiger partial charge in [-0.2, -0.15) is 5.26 Å². The molecule has 2 aromatic carbocycles. The van der Waals surface area contributed by atoms with Gasteiger partial charge in [-0.3, -0.25) is 0 Å². The molecule has 0 radical (unpaired) electrons. The maximum Gasteiger partial charge on any atom is 0.140 e.